The van der Waals surface area contributed by atoms with Crippen molar-refractivity contribution in [2.24, 2.45) is 4.99 Å². The molecule has 0 radical (unpaired) electrons. The third kappa shape index (κ3) is 8.50. The molecule has 0 bridgehead atoms. The number of hydrogen-bond donors (Lipinski definition) is 3. The van der Waals surface area contributed by atoms with Crippen molar-refractivity contribution in [1.29, 1.82) is 0 Å². The minimum atomic E-state index is -0.484. The van der Waals surface area contributed by atoms with Gasteiger partial charge in [0.1, 0.15) is 5.60 Å². The molecule has 28 heavy (non-hydrogen) atoms. The lowest BCUT2D eigenvalue weighted by Gasteiger charge is -2.43. The second kappa shape index (κ2) is 12.3. The van der Waals surface area contributed by atoms with Crippen molar-refractivity contribution in [3.63, 3.8) is 0 Å². The van der Waals surface area contributed by atoms with Crippen molar-refractivity contribution < 1.29 is 14.3 Å². The predicted molar refractivity (Wildman–Crippen MR) is 126 cm³/mol. The molecule has 0 aromatic rings. The lowest BCUT2D eigenvalue weighted by Crippen LogP contribution is -2.60. The summed E-state index contributed by atoms with van der Waals surface area (Å²) in [6.07, 6.45) is 0.781. The first kappa shape index (κ1) is 25.6. The van der Waals surface area contributed by atoms with E-state index in [1.54, 1.807) is 7.05 Å². The van der Waals surface area contributed by atoms with E-state index in [0.717, 1.165) is 44.6 Å². The van der Waals surface area contributed by atoms with Gasteiger partial charge in [-0.3, -0.25) is 9.89 Å². The average molecular weight is 529 g/mol. The molecule has 2 saturated heterocycles. The zero-order chi connectivity index (χ0) is 19.8. The van der Waals surface area contributed by atoms with E-state index in [1.807, 2.05) is 32.5 Å². The van der Waals surface area contributed by atoms with Gasteiger partial charge in [0.2, 0.25) is 0 Å². The maximum absolute atomic E-state index is 11.7. The highest BCUT2D eigenvalue weighted by molar-refractivity contribution is 14.0. The van der Waals surface area contributed by atoms with Gasteiger partial charge in [-0.2, -0.15) is 11.8 Å². The lowest BCUT2D eigenvalue weighted by molar-refractivity contribution is -0.0120. The van der Waals surface area contributed by atoms with E-state index < -0.39 is 11.7 Å². The van der Waals surface area contributed by atoms with E-state index in [0.29, 0.717) is 13.1 Å². The summed E-state index contributed by atoms with van der Waals surface area (Å²) in [7, 11) is 1.77. The van der Waals surface area contributed by atoms with Gasteiger partial charge in [-0.25, -0.2) is 4.79 Å². The number of amides is 1. The molecule has 0 aromatic heterocycles. The topological polar surface area (TPSA) is 87.2 Å². The van der Waals surface area contributed by atoms with Gasteiger partial charge >= 0.3 is 6.09 Å². The van der Waals surface area contributed by atoms with Crippen LogP contribution in [0.15, 0.2) is 4.99 Å². The Hall–Kier alpha value is -0.460. The Morgan fingerprint density at radius 2 is 1.89 bits per heavy atom. The second-order valence-electron chi connectivity index (χ2n) is 7.91. The van der Waals surface area contributed by atoms with Gasteiger partial charge in [-0.15, -0.1) is 24.0 Å². The number of morpholine rings is 1. The van der Waals surface area contributed by atoms with Crippen LogP contribution in [0, 0.1) is 0 Å². The molecule has 1 amide bonds. The summed E-state index contributed by atoms with van der Waals surface area (Å²) in [5, 5.41) is 9.47. The summed E-state index contributed by atoms with van der Waals surface area (Å²) in [6.45, 7) is 11.1. The van der Waals surface area contributed by atoms with Gasteiger partial charge in [0.05, 0.1) is 13.2 Å². The summed E-state index contributed by atoms with van der Waals surface area (Å²) in [4.78, 5) is 18.5. The number of aliphatic imine (C=N–C) groups is 1. The maximum atomic E-state index is 11.7. The van der Waals surface area contributed by atoms with Crippen molar-refractivity contribution in [1.82, 2.24) is 20.9 Å². The Labute approximate surface area is 190 Å². The van der Waals surface area contributed by atoms with Crippen LogP contribution in [0.1, 0.15) is 27.2 Å². The first-order valence-corrected chi connectivity index (χ1v) is 10.8. The number of halogens is 1. The number of carbonyl (C=O) groups is 1. The smallest absolute Gasteiger partial charge is 0.407 e. The summed E-state index contributed by atoms with van der Waals surface area (Å²) in [5.41, 5.74) is -0.316. The fourth-order valence-electron chi connectivity index (χ4n) is 3.26. The molecular weight excluding hydrogens is 493 g/mol. The average Bonchev–Trinajstić information content (AvgIpc) is 3.10. The number of rotatable bonds is 6. The van der Waals surface area contributed by atoms with E-state index in [1.165, 1.54) is 12.2 Å². The molecule has 1 unspecified atom stereocenters. The minimum Gasteiger partial charge on any atom is -0.444 e. The van der Waals surface area contributed by atoms with Crippen LogP contribution in [-0.4, -0.2) is 92.6 Å². The number of alkyl carbamates (subject to hydrolysis) is 1. The largest absolute Gasteiger partial charge is 0.444 e. The molecule has 10 heteroatoms. The Morgan fingerprint density at radius 3 is 2.46 bits per heavy atom. The fourth-order valence-corrected chi connectivity index (χ4v) is 4.74. The zero-order valence-corrected chi connectivity index (χ0v) is 20.7. The lowest BCUT2D eigenvalue weighted by atomic mass is 9.95. The van der Waals surface area contributed by atoms with Crippen molar-refractivity contribution >= 4 is 47.8 Å². The third-order valence-corrected chi connectivity index (χ3v) is 5.89. The normalized spacial score (nSPS) is 23.6. The van der Waals surface area contributed by atoms with E-state index in [9.17, 15) is 4.79 Å². The molecule has 0 spiro atoms. The first-order chi connectivity index (χ1) is 12.8. The highest BCUT2D eigenvalue weighted by Gasteiger charge is 2.40. The molecule has 2 aliphatic heterocycles. The molecule has 0 saturated carbocycles. The number of ether oxygens (including phenoxy) is 2. The van der Waals surface area contributed by atoms with E-state index in [4.69, 9.17) is 9.47 Å². The van der Waals surface area contributed by atoms with Crippen LogP contribution in [0.25, 0.3) is 0 Å². The van der Waals surface area contributed by atoms with Crippen molar-refractivity contribution in [2.75, 3.05) is 64.5 Å². The van der Waals surface area contributed by atoms with Crippen LogP contribution in [0.3, 0.4) is 0 Å². The van der Waals surface area contributed by atoms with Crippen LogP contribution in [0.2, 0.25) is 0 Å². The van der Waals surface area contributed by atoms with Crippen LogP contribution < -0.4 is 16.0 Å². The summed E-state index contributed by atoms with van der Waals surface area (Å²) >= 11 is 2.02. The molecule has 2 heterocycles. The van der Waals surface area contributed by atoms with Gasteiger partial charge < -0.3 is 25.4 Å². The van der Waals surface area contributed by atoms with E-state index >= 15 is 0 Å². The predicted octanol–water partition coefficient (Wildman–Crippen LogP) is 1.50. The Bertz CT molecular complexity index is 504. The van der Waals surface area contributed by atoms with Gasteiger partial charge in [0, 0.05) is 51.1 Å². The highest BCUT2D eigenvalue weighted by atomic mass is 127. The number of nitrogens with one attached hydrogen (secondary N) is 3. The molecule has 0 aromatic carbocycles. The Balaban J connectivity index is 0.00000392. The quantitative estimate of drug-likeness (QED) is 0.208. The van der Waals surface area contributed by atoms with Crippen LogP contribution in [-0.2, 0) is 9.47 Å². The number of guanidine groups is 1. The monoisotopic (exact) mass is 529 g/mol. The standard InChI is InChI=1S/C18H35N5O3S.HI/c1-17(2,3)26-16(24)21-7-6-20-15(19-4)22-13-18(5-12-27-14-18)23-8-10-25-11-9-23;/h5-14H2,1-4H3,(H,21,24)(H2,19,20,22);1H. The molecule has 2 aliphatic rings. The molecule has 2 rings (SSSR count). The number of nitrogens with zero attached hydrogens (tertiary/aromatic N) is 2. The fraction of sp³-hybridized carbons (Fsp3) is 0.889. The number of carbonyl (C=O) groups excluding carboxylic acids is 1. The summed E-state index contributed by atoms with van der Waals surface area (Å²) in [5.74, 6) is 3.09. The zero-order valence-electron chi connectivity index (χ0n) is 17.5. The Kier molecular flexibility index (Phi) is 11.2. The Morgan fingerprint density at radius 1 is 1.21 bits per heavy atom. The second-order valence-corrected chi connectivity index (χ2v) is 9.01. The van der Waals surface area contributed by atoms with Crippen molar-refractivity contribution in [3.05, 3.63) is 0 Å². The van der Waals surface area contributed by atoms with Crippen LogP contribution in [0.4, 0.5) is 4.79 Å². The van der Waals surface area contributed by atoms with E-state index in [2.05, 4.69) is 25.8 Å². The molecule has 2 fully saturated rings. The summed E-state index contributed by atoms with van der Waals surface area (Å²) < 4.78 is 10.7. The number of hydrogen-bond acceptors (Lipinski definition) is 6. The van der Waals surface area contributed by atoms with Crippen molar-refractivity contribution in [2.45, 2.75) is 38.3 Å². The molecule has 0 aliphatic carbocycles. The van der Waals surface area contributed by atoms with Crippen LogP contribution in [0.5, 0.6) is 0 Å². The van der Waals surface area contributed by atoms with Gasteiger partial charge in [-0.1, -0.05) is 0 Å². The highest BCUT2D eigenvalue weighted by Crippen LogP contribution is 2.33. The van der Waals surface area contributed by atoms with Gasteiger partial charge in [0.15, 0.2) is 5.96 Å². The van der Waals surface area contributed by atoms with Crippen LogP contribution >= 0.6 is 35.7 Å². The van der Waals surface area contributed by atoms with Gasteiger partial charge in [-0.05, 0) is 32.9 Å². The SMILES string of the molecule is CN=C(NCCNC(=O)OC(C)(C)C)NCC1(N2CCOCC2)CCSC1.I. The minimum absolute atomic E-state index is 0. The third-order valence-electron chi connectivity index (χ3n) is 4.66. The molecule has 164 valence electrons. The van der Waals surface area contributed by atoms with Crippen molar-refractivity contribution in [3.8, 4) is 0 Å². The molecule has 3 N–H and O–H groups in total. The first-order valence-electron chi connectivity index (χ1n) is 9.67. The molecule has 8 nitrogen and oxygen atoms in total. The molecular formula is C18H36IN5O3S. The summed E-state index contributed by atoms with van der Waals surface area (Å²) in [6, 6.07) is 0. The van der Waals surface area contributed by atoms with Gasteiger partial charge in [0.25, 0.3) is 0 Å². The number of thioether (sulfide) groups is 1. The maximum Gasteiger partial charge on any atom is 0.407 e. The van der Waals surface area contributed by atoms with E-state index in [-0.39, 0.29) is 29.5 Å². The molecule has 1 atom stereocenters.